The van der Waals surface area contributed by atoms with Gasteiger partial charge in [0, 0.05) is 37.3 Å². The molecule has 0 unspecified atom stereocenters. The van der Waals surface area contributed by atoms with Gasteiger partial charge in [0.2, 0.25) is 0 Å². The standard InChI is InChI=1S/C11H14N2O2S/c14-11(15)9-1-2-10(12-7-9)8-13-3-5-16-6-4-13/h1-2,7H,3-6,8H2,(H,14,15). The van der Waals surface area contributed by atoms with Crippen molar-refractivity contribution in [1.29, 1.82) is 0 Å². The van der Waals surface area contributed by atoms with Crippen molar-refractivity contribution in [3.8, 4) is 0 Å². The number of pyridine rings is 1. The lowest BCUT2D eigenvalue weighted by Gasteiger charge is -2.25. The van der Waals surface area contributed by atoms with Gasteiger partial charge in [-0.1, -0.05) is 0 Å². The van der Waals surface area contributed by atoms with Crippen LogP contribution in [0.2, 0.25) is 0 Å². The van der Waals surface area contributed by atoms with E-state index in [9.17, 15) is 4.79 Å². The molecule has 16 heavy (non-hydrogen) atoms. The third kappa shape index (κ3) is 2.96. The van der Waals surface area contributed by atoms with Crippen LogP contribution in [0, 0.1) is 0 Å². The highest BCUT2D eigenvalue weighted by molar-refractivity contribution is 7.99. The normalized spacial score (nSPS) is 17.2. The van der Waals surface area contributed by atoms with Gasteiger partial charge in [0.05, 0.1) is 11.3 Å². The Kier molecular flexibility index (Phi) is 3.79. The second kappa shape index (κ2) is 5.32. The second-order valence-corrected chi connectivity index (χ2v) is 4.96. The van der Waals surface area contributed by atoms with Gasteiger partial charge in [-0.2, -0.15) is 11.8 Å². The fourth-order valence-electron chi connectivity index (χ4n) is 1.63. The molecule has 1 aromatic heterocycles. The third-order valence-corrected chi connectivity index (χ3v) is 3.50. The zero-order chi connectivity index (χ0) is 11.4. The molecule has 1 aliphatic rings. The van der Waals surface area contributed by atoms with Crippen LogP contribution in [0.1, 0.15) is 16.1 Å². The van der Waals surface area contributed by atoms with E-state index in [2.05, 4.69) is 9.88 Å². The molecular weight excluding hydrogens is 224 g/mol. The number of thioether (sulfide) groups is 1. The molecule has 86 valence electrons. The lowest BCUT2D eigenvalue weighted by molar-refractivity contribution is 0.0696. The second-order valence-electron chi connectivity index (χ2n) is 3.73. The fraction of sp³-hybridized carbons (Fsp3) is 0.455. The molecule has 0 aromatic carbocycles. The van der Waals surface area contributed by atoms with Crippen LogP contribution in [0.3, 0.4) is 0 Å². The lowest BCUT2D eigenvalue weighted by Crippen LogP contribution is -2.32. The molecule has 1 fully saturated rings. The molecule has 0 aliphatic carbocycles. The summed E-state index contributed by atoms with van der Waals surface area (Å²) in [4.78, 5) is 17.2. The minimum atomic E-state index is -0.923. The largest absolute Gasteiger partial charge is 0.478 e. The maximum atomic E-state index is 10.6. The van der Waals surface area contributed by atoms with Gasteiger partial charge in [-0.25, -0.2) is 4.79 Å². The first kappa shape index (κ1) is 11.4. The first-order valence-corrected chi connectivity index (χ1v) is 6.39. The van der Waals surface area contributed by atoms with E-state index in [1.807, 2.05) is 11.8 Å². The van der Waals surface area contributed by atoms with Crippen molar-refractivity contribution in [3.63, 3.8) is 0 Å². The van der Waals surface area contributed by atoms with Gasteiger partial charge in [0.15, 0.2) is 0 Å². The van der Waals surface area contributed by atoms with Crippen molar-refractivity contribution in [3.05, 3.63) is 29.6 Å². The van der Waals surface area contributed by atoms with Crippen LogP contribution in [-0.2, 0) is 6.54 Å². The van der Waals surface area contributed by atoms with Crippen LogP contribution in [0.5, 0.6) is 0 Å². The number of carbonyl (C=O) groups is 1. The topological polar surface area (TPSA) is 53.4 Å². The Morgan fingerprint density at radius 1 is 1.44 bits per heavy atom. The van der Waals surface area contributed by atoms with Crippen LogP contribution in [0.25, 0.3) is 0 Å². The highest BCUT2D eigenvalue weighted by Crippen LogP contribution is 2.12. The van der Waals surface area contributed by atoms with Gasteiger partial charge in [0.1, 0.15) is 0 Å². The summed E-state index contributed by atoms with van der Waals surface area (Å²) in [6.07, 6.45) is 1.43. The van der Waals surface area contributed by atoms with Gasteiger partial charge < -0.3 is 5.11 Å². The summed E-state index contributed by atoms with van der Waals surface area (Å²) in [6.45, 7) is 3.00. The molecular formula is C11H14N2O2S. The van der Waals surface area contributed by atoms with Crippen molar-refractivity contribution in [2.45, 2.75) is 6.54 Å². The molecule has 0 radical (unpaired) electrons. The quantitative estimate of drug-likeness (QED) is 0.861. The average Bonchev–Trinajstić information content (AvgIpc) is 2.31. The number of nitrogens with zero attached hydrogens (tertiary/aromatic N) is 2. The average molecular weight is 238 g/mol. The van der Waals surface area contributed by atoms with E-state index in [1.165, 1.54) is 17.7 Å². The third-order valence-electron chi connectivity index (χ3n) is 2.56. The van der Waals surface area contributed by atoms with E-state index >= 15 is 0 Å². The zero-order valence-electron chi connectivity index (χ0n) is 8.93. The molecule has 0 atom stereocenters. The van der Waals surface area contributed by atoms with E-state index in [4.69, 9.17) is 5.11 Å². The highest BCUT2D eigenvalue weighted by Gasteiger charge is 2.11. The summed E-state index contributed by atoms with van der Waals surface area (Å²) >= 11 is 1.98. The molecule has 4 nitrogen and oxygen atoms in total. The predicted octanol–water partition coefficient (Wildman–Crippen LogP) is 1.33. The van der Waals surface area contributed by atoms with Crippen molar-refractivity contribution in [2.75, 3.05) is 24.6 Å². The maximum Gasteiger partial charge on any atom is 0.337 e. The van der Waals surface area contributed by atoms with Gasteiger partial charge in [-0.15, -0.1) is 0 Å². The van der Waals surface area contributed by atoms with Crippen LogP contribution in [-0.4, -0.2) is 45.6 Å². The van der Waals surface area contributed by atoms with E-state index in [0.29, 0.717) is 0 Å². The van der Waals surface area contributed by atoms with Crippen LogP contribution < -0.4 is 0 Å². The Bertz CT molecular complexity index is 361. The molecule has 0 bridgehead atoms. The Balaban J connectivity index is 1.96. The van der Waals surface area contributed by atoms with Crippen molar-refractivity contribution in [2.24, 2.45) is 0 Å². The summed E-state index contributed by atoms with van der Waals surface area (Å²) in [7, 11) is 0. The van der Waals surface area contributed by atoms with E-state index < -0.39 is 5.97 Å². The molecule has 5 heteroatoms. The lowest BCUT2D eigenvalue weighted by atomic mass is 10.2. The number of rotatable bonds is 3. The molecule has 1 N–H and O–H groups in total. The van der Waals surface area contributed by atoms with Crippen molar-refractivity contribution >= 4 is 17.7 Å². The monoisotopic (exact) mass is 238 g/mol. The number of carboxylic acids is 1. The summed E-state index contributed by atoms with van der Waals surface area (Å²) in [5.41, 5.74) is 1.19. The Morgan fingerprint density at radius 2 is 2.19 bits per heavy atom. The number of hydrogen-bond acceptors (Lipinski definition) is 4. The molecule has 0 amide bonds. The van der Waals surface area contributed by atoms with Gasteiger partial charge in [-0.3, -0.25) is 9.88 Å². The molecule has 0 saturated carbocycles. The summed E-state index contributed by atoms with van der Waals surface area (Å²) in [5.74, 6) is 1.42. The number of carboxylic acid groups (broad SMARTS) is 1. The Labute approximate surface area is 98.7 Å². The van der Waals surface area contributed by atoms with Crippen molar-refractivity contribution < 1.29 is 9.90 Å². The summed E-state index contributed by atoms with van der Waals surface area (Å²) < 4.78 is 0. The fourth-order valence-corrected chi connectivity index (χ4v) is 2.61. The maximum absolute atomic E-state index is 10.6. The van der Waals surface area contributed by atoms with Crippen LogP contribution in [0.15, 0.2) is 18.3 Å². The van der Waals surface area contributed by atoms with Gasteiger partial charge in [0.25, 0.3) is 0 Å². The van der Waals surface area contributed by atoms with Crippen LogP contribution in [0.4, 0.5) is 0 Å². The summed E-state index contributed by atoms with van der Waals surface area (Å²) in [5, 5.41) is 8.74. The molecule has 2 rings (SSSR count). The number of hydrogen-bond donors (Lipinski definition) is 1. The Hall–Kier alpha value is -1.07. The van der Waals surface area contributed by atoms with Gasteiger partial charge >= 0.3 is 5.97 Å². The molecule has 0 spiro atoms. The Morgan fingerprint density at radius 3 is 2.75 bits per heavy atom. The predicted molar refractivity (Wildman–Crippen MR) is 63.8 cm³/mol. The first-order chi connectivity index (χ1) is 7.75. The van der Waals surface area contributed by atoms with E-state index in [-0.39, 0.29) is 5.56 Å². The number of aromatic nitrogens is 1. The molecule has 1 aliphatic heterocycles. The smallest absolute Gasteiger partial charge is 0.337 e. The van der Waals surface area contributed by atoms with Crippen molar-refractivity contribution in [1.82, 2.24) is 9.88 Å². The zero-order valence-corrected chi connectivity index (χ0v) is 9.74. The molecule has 1 saturated heterocycles. The number of aromatic carboxylic acids is 1. The molecule has 1 aromatic rings. The van der Waals surface area contributed by atoms with E-state index in [1.54, 1.807) is 12.1 Å². The minimum Gasteiger partial charge on any atom is -0.478 e. The SMILES string of the molecule is O=C(O)c1ccc(CN2CCSCC2)nc1. The van der Waals surface area contributed by atoms with Gasteiger partial charge in [-0.05, 0) is 12.1 Å². The molecule has 2 heterocycles. The highest BCUT2D eigenvalue weighted by atomic mass is 32.2. The van der Waals surface area contributed by atoms with E-state index in [0.717, 1.165) is 25.3 Å². The van der Waals surface area contributed by atoms with Crippen LogP contribution >= 0.6 is 11.8 Å². The first-order valence-electron chi connectivity index (χ1n) is 5.24. The minimum absolute atomic E-state index is 0.248. The summed E-state index contributed by atoms with van der Waals surface area (Å²) in [6, 6.07) is 3.41.